The van der Waals surface area contributed by atoms with Gasteiger partial charge in [0.25, 0.3) is 0 Å². The van der Waals surface area contributed by atoms with Crippen molar-refractivity contribution in [2.75, 3.05) is 6.61 Å². The smallest absolute Gasteiger partial charge is 0.173 e. The van der Waals surface area contributed by atoms with E-state index >= 15 is 0 Å². The van der Waals surface area contributed by atoms with Crippen LogP contribution in [0.3, 0.4) is 0 Å². The molecule has 0 radical (unpaired) electrons. The minimum Gasteiger partial charge on any atom is -0.494 e. The van der Waals surface area contributed by atoms with Crippen LogP contribution in [0.1, 0.15) is 12.5 Å². The van der Waals surface area contributed by atoms with E-state index in [0.29, 0.717) is 23.5 Å². The maximum atomic E-state index is 9.34. The Labute approximate surface area is 116 Å². The normalized spacial score (nSPS) is 10.4. The molecule has 2 aromatic heterocycles. The van der Waals surface area contributed by atoms with Crippen LogP contribution in [0.4, 0.5) is 0 Å². The molecule has 0 aliphatic heterocycles. The molecule has 1 aromatic carbocycles. The summed E-state index contributed by atoms with van der Waals surface area (Å²) in [6.45, 7) is 2.57. The van der Waals surface area contributed by atoms with Crippen molar-refractivity contribution >= 4 is 5.65 Å². The highest BCUT2D eigenvalue weighted by molar-refractivity contribution is 5.75. The predicted molar refractivity (Wildman–Crippen MR) is 74.3 cm³/mol. The molecule has 0 atom stereocenters. The van der Waals surface area contributed by atoms with Crippen LogP contribution < -0.4 is 4.74 Å². The fourth-order valence-electron chi connectivity index (χ4n) is 2.07. The maximum Gasteiger partial charge on any atom is 0.173 e. The molecular formula is C15H12N4O. The molecule has 0 bridgehead atoms. The molecule has 3 aromatic rings. The summed E-state index contributed by atoms with van der Waals surface area (Å²) in [5.41, 5.74) is 2.55. The first-order chi connectivity index (χ1) is 9.83. The van der Waals surface area contributed by atoms with Gasteiger partial charge < -0.3 is 4.74 Å². The third-order valence-corrected chi connectivity index (χ3v) is 2.95. The molecule has 0 aliphatic rings. The van der Waals surface area contributed by atoms with Crippen LogP contribution in [-0.2, 0) is 0 Å². The van der Waals surface area contributed by atoms with E-state index in [1.54, 1.807) is 23.0 Å². The topological polar surface area (TPSA) is 63.2 Å². The van der Waals surface area contributed by atoms with Crippen LogP contribution in [0.2, 0.25) is 0 Å². The third-order valence-electron chi connectivity index (χ3n) is 2.95. The van der Waals surface area contributed by atoms with Crippen molar-refractivity contribution in [3.8, 4) is 23.1 Å². The second-order valence-electron chi connectivity index (χ2n) is 4.18. The van der Waals surface area contributed by atoms with Gasteiger partial charge in [0.1, 0.15) is 23.1 Å². The molecular weight excluding hydrogens is 252 g/mol. The Hall–Kier alpha value is -2.87. The number of nitrogens with zero attached hydrogens (tertiary/aromatic N) is 4. The number of aromatic nitrogens is 3. The first-order valence-electron chi connectivity index (χ1n) is 6.30. The zero-order valence-electron chi connectivity index (χ0n) is 10.9. The number of nitriles is 1. The van der Waals surface area contributed by atoms with Crippen LogP contribution in [0.5, 0.6) is 5.75 Å². The summed E-state index contributed by atoms with van der Waals surface area (Å²) in [4.78, 5) is 4.20. The lowest BCUT2D eigenvalue weighted by Gasteiger charge is -2.03. The van der Waals surface area contributed by atoms with Gasteiger partial charge in [-0.2, -0.15) is 10.4 Å². The lowest BCUT2D eigenvalue weighted by atomic mass is 10.1. The average molecular weight is 264 g/mol. The fourth-order valence-corrected chi connectivity index (χ4v) is 2.07. The summed E-state index contributed by atoms with van der Waals surface area (Å²) in [6, 6.07) is 11.5. The van der Waals surface area contributed by atoms with E-state index < -0.39 is 0 Å². The summed E-state index contributed by atoms with van der Waals surface area (Å²) in [6.07, 6.45) is 3.43. The van der Waals surface area contributed by atoms with Crippen LogP contribution in [0.25, 0.3) is 16.9 Å². The molecule has 0 N–H and O–H groups in total. The van der Waals surface area contributed by atoms with E-state index in [2.05, 4.69) is 16.2 Å². The van der Waals surface area contributed by atoms with Crippen LogP contribution >= 0.6 is 0 Å². The third kappa shape index (κ3) is 1.97. The van der Waals surface area contributed by atoms with Crippen LogP contribution in [0.15, 0.2) is 42.7 Å². The Morgan fingerprint density at radius 1 is 1.30 bits per heavy atom. The van der Waals surface area contributed by atoms with Crippen molar-refractivity contribution in [2.45, 2.75) is 6.92 Å². The summed E-state index contributed by atoms with van der Waals surface area (Å²) >= 11 is 0. The summed E-state index contributed by atoms with van der Waals surface area (Å²) in [7, 11) is 0. The molecule has 0 unspecified atom stereocenters. The quantitative estimate of drug-likeness (QED) is 0.729. The van der Waals surface area contributed by atoms with E-state index in [1.807, 2.05) is 31.2 Å². The van der Waals surface area contributed by atoms with E-state index in [9.17, 15) is 5.26 Å². The zero-order chi connectivity index (χ0) is 13.9. The van der Waals surface area contributed by atoms with Gasteiger partial charge in [-0.3, -0.25) is 0 Å². The van der Waals surface area contributed by atoms with Crippen LogP contribution in [0, 0.1) is 11.3 Å². The number of fused-ring (bicyclic) bond motifs is 1. The monoisotopic (exact) mass is 264 g/mol. The average Bonchev–Trinajstić information content (AvgIpc) is 2.87. The van der Waals surface area contributed by atoms with Crippen molar-refractivity contribution in [1.82, 2.24) is 14.6 Å². The van der Waals surface area contributed by atoms with Gasteiger partial charge in [0.2, 0.25) is 0 Å². The molecule has 0 saturated heterocycles. The predicted octanol–water partition coefficient (Wildman–Crippen LogP) is 2.67. The number of hydrogen-bond acceptors (Lipinski definition) is 4. The first-order valence-corrected chi connectivity index (χ1v) is 6.30. The number of benzene rings is 1. The highest BCUT2D eigenvalue weighted by atomic mass is 16.5. The zero-order valence-corrected chi connectivity index (χ0v) is 10.9. The van der Waals surface area contributed by atoms with E-state index in [4.69, 9.17) is 4.74 Å². The fraction of sp³-hybridized carbons (Fsp3) is 0.133. The molecule has 5 heteroatoms. The lowest BCUT2D eigenvalue weighted by molar-refractivity contribution is 0.340. The van der Waals surface area contributed by atoms with Gasteiger partial charge >= 0.3 is 0 Å². The molecule has 0 spiro atoms. The molecule has 3 rings (SSSR count). The number of ether oxygens (including phenoxy) is 1. The summed E-state index contributed by atoms with van der Waals surface area (Å²) in [5.74, 6) is 0.802. The highest BCUT2D eigenvalue weighted by Crippen LogP contribution is 2.26. The molecule has 5 nitrogen and oxygen atoms in total. The van der Waals surface area contributed by atoms with Gasteiger partial charge in [-0.1, -0.05) is 0 Å². The van der Waals surface area contributed by atoms with Crippen LogP contribution in [-0.4, -0.2) is 21.2 Å². The second kappa shape index (κ2) is 5.02. The molecule has 0 aliphatic carbocycles. The Morgan fingerprint density at radius 3 is 2.80 bits per heavy atom. The minimum absolute atomic E-state index is 0.481. The molecule has 20 heavy (non-hydrogen) atoms. The van der Waals surface area contributed by atoms with Crippen molar-refractivity contribution in [1.29, 1.82) is 5.26 Å². The van der Waals surface area contributed by atoms with Crippen molar-refractivity contribution < 1.29 is 4.74 Å². The molecule has 0 fully saturated rings. The van der Waals surface area contributed by atoms with E-state index in [0.717, 1.165) is 11.3 Å². The molecule has 0 saturated carbocycles. The Morgan fingerprint density at radius 2 is 2.10 bits per heavy atom. The Balaban J connectivity index is 2.12. The van der Waals surface area contributed by atoms with Crippen molar-refractivity contribution in [3.63, 3.8) is 0 Å². The highest BCUT2D eigenvalue weighted by Gasteiger charge is 2.14. The molecule has 2 heterocycles. The Bertz CT molecular complexity index is 784. The largest absolute Gasteiger partial charge is 0.494 e. The maximum absolute atomic E-state index is 9.34. The van der Waals surface area contributed by atoms with Gasteiger partial charge in [0.05, 0.1) is 6.61 Å². The number of rotatable bonds is 3. The summed E-state index contributed by atoms with van der Waals surface area (Å²) in [5, 5.41) is 13.8. The minimum atomic E-state index is 0.481. The van der Waals surface area contributed by atoms with E-state index in [1.165, 1.54) is 0 Å². The van der Waals surface area contributed by atoms with Gasteiger partial charge in [0.15, 0.2) is 5.65 Å². The van der Waals surface area contributed by atoms with Crippen molar-refractivity contribution in [2.24, 2.45) is 0 Å². The standard InChI is InChI=1S/C15H12N4O/c1-2-20-12-6-4-11(5-7-12)14-13(10-16)15-17-8-3-9-19(15)18-14/h3-9H,2H2,1H3. The number of hydrogen-bond donors (Lipinski definition) is 0. The van der Waals surface area contributed by atoms with Gasteiger partial charge in [-0.15, -0.1) is 0 Å². The van der Waals surface area contributed by atoms with Gasteiger partial charge in [-0.25, -0.2) is 9.50 Å². The molecule has 98 valence electrons. The lowest BCUT2D eigenvalue weighted by Crippen LogP contribution is -1.91. The summed E-state index contributed by atoms with van der Waals surface area (Å²) < 4.78 is 7.02. The second-order valence-corrected chi connectivity index (χ2v) is 4.18. The Kier molecular flexibility index (Phi) is 3.05. The molecule has 0 amide bonds. The van der Waals surface area contributed by atoms with Gasteiger partial charge in [0, 0.05) is 18.0 Å². The van der Waals surface area contributed by atoms with Gasteiger partial charge in [-0.05, 0) is 37.3 Å². The van der Waals surface area contributed by atoms with Crippen molar-refractivity contribution in [3.05, 3.63) is 48.3 Å². The van der Waals surface area contributed by atoms with E-state index in [-0.39, 0.29) is 0 Å². The first kappa shape index (κ1) is 12.2. The SMILES string of the molecule is CCOc1ccc(-c2nn3cccnc3c2C#N)cc1.